The number of hydrogen-bond acceptors (Lipinski definition) is 5. The second kappa shape index (κ2) is 11.1. The van der Waals surface area contributed by atoms with Crippen molar-refractivity contribution in [3.63, 3.8) is 0 Å². The number of hydrogen-bond donors (Lipinski definition) is 3. The van der Waals surface area contributed by atoms with Crippen LogP contribution in [0.15, 0.2) is 84.2 Å². The van der Waals surface area contributed by atoms with Crippen LogP contribution >= 0.6 is 12.2 Å². The lowest BCUT2D eigenvalue weighted by Gasteiger charge is -2.14. The van der Waals surface area contributed by atoms with E-state index in [0.717, 1.165) is 22.5 Å². The first kappa shape index (κ1) is 25.6. The Balaban J connectivity index is 1.33. The number of H-pyrrole nitrogens is 1. The number of hydrazone groups is 1. The van der Waals surface area contributed by atoms with Gasteiger partial charge in [0.1, 0.15) is 5.75 Å². The van der Waals surface area contributed by atoms with Crippen molar-refractivity contribution in [2.45, 2.75) is 6.36 Å². The first-order valence-corrected chi connectivity index (χ1v) is 11.4. The Morgan fingerprint density at radius 1 is 1.08 bits per heavy atom. The highest BCUT2D eigenvalue weighted by molar-refractivity contribution is 7.80. The lowest BCUT2D eigenvalue weighted by atomic mass is 10.1. The summed E-state index contributed by atoms with van der Waals surface area (Å²) in [5, 5.41) is 10.7. The van der Waals surface area contributed by atoms with Crippen LogP contribution in [0.4, 0.5) is 24.5 Å². The fraction of sp³-hybridized carbons (Fsp3) is 0.120. The van der Waals surface area contributed by atoms with Crippen molar-refractivity contribution in [3.8, 4) is 22.8 Å². The molecule has 3 aromatic carbocycles. The number of aromatic amines is 1. The summed E-state index contributed by atoms with van der Waals surface area (Å²) in [6, 6.07) is 20.8. The van der Waals surface area contributed by atoms with E-state index in [1.807, 2.05) is 67.5 Å². The monoisotopic (exact) mass is 526 g/mol. The highest BCUT2D eigenvalue weighted by Crippen LogP contribution is 2.23. The van der Waals surface area contributed by atoms with E-state index in [9.17, 15) is 13.2 Å². The van der Waals surface area contributed by atoms with E-state index in [1.54, 1.807) is 10.9 Å². The summed E-state index contributed by atoms with van der Waals surface area (Å²) < 4.78 is 42.5. The molecule has 37 heavy (non-hydrogen) atoms. The zero-order valence-corrected chi connectivity index (χ0v) is 20.6. The van der Waals surface area contributed by atoms with Crippen LogP contribution < -0.4 is 25.1 Å². The van der Waals surface area contributed by atoms with Crippen molar-refractivity contribution in [1.82, 2.24) is 15.5 Å². The van der Waals surface area contributed by atoms with Crippen LogP contribution in [-0.2, 0) is 0 Å². The number of thiocarbonyl (C=S) groups is 1. The number of halogens is 3. The molecule has 4 aromatic rings. The number of nitrogens with one attached hydrogen (secondary N) is 3. The summed E-state index contributed by atoms with van der Waals surface area (Å²) in [5.41, 5.74) is 6.95. The fourth-order valence-electron chi connectivity index (χ4n) is 3.28. The van der Waals surface area contributed by atoms with Crippen molar-refractivity contribution in [2.24, 2.45) is 5.10 Å². The van der Waals surface area contributed by atoms with Crippen molar-refractivity contribution in [2.75, 3.05) is 24.3 Å². The van der Waals surface area contributed by atoms with Crippen molar-refractivity contribution in [1.29, 1.82) is 0 Å². The standard InChI is InChI=1S/C25H22F3N7OS/c1-34(2)21-5-3-4-19(14-21)31-24(37)32-30-15-17-6-8-18(9-7-17)23-29-16-35(33-23)20-10-12-22(13-11-20)36-25(26,27)28/h3-16H,1-2H3,(H2,31,32,33,37)/p+1. The van der Waals surface area contributed by atoms with Crippen molar-refractivity contribution < 1.29 is 22.6 Å². The number of aromatic nitrogens is 3. The molecule has 0 atom stereocenters. The predicted octanol–water partition coefficient (Wildman–Crippen LogP) is 4.64. The molecule has 0 saturated heterocycles. The first-order chi connectivity index (χ1) is 17.7. The molecule has 0 bridgehead atoms. The van der Waals surface area contributed by atoms with E-state index >= 15 is 0 Å². The Kier molecular flexibility index (Phi) is 7.68. The lowest BCUT2D eigenvalue weighted by Crippen LogP contribution is -2.31. The summed E-state index contributed by atoms with van der Waals surface area (Å²) in [7, 11) is 3.93. The van der Waals surface area contributed by atoms with Gasteiger partial charge in [-0.25, -0.2) is 0 Å². The molecule has 190 valence electrons. The molecule has 4 rings (SSSR count). The quantitative estimate of drug-likeness (QED) is 0.141. The van der Waals surface area contributed by atoms with E-state index in [2.05, 4.69) is 30.7 Å². The second-order valence-corrected chi connectivity index (χ2v) is 8.42. The third-order valence-electron chi connectivity index (χ3n) is 5.06. The van der Waals surface area contributed by atoms with Gasteiger partial charge in [0.25, 0.3) is 5.82 Å². The predicted molar refractivity (Wildman–Crippen MR) is 140 cm³/mol. The number of anilines is 2. The van der Waals surface area contributed by atoms with Gasteiger partial charge in [-0.3, -0.25) is 5.43 Å². The summed E-state index contributed by atoms with van der Waals surface area (Å²) in [4.78, 5) is 6.34. The molecule has 0 aliphatic carbocycles. The maximum atomic E-state index is 12.3. The number of nitrogens with zero attached hydrogens (tertiary/aromatic N) is 4. The molecule has 0 aliphatic rings. The maximum absolute atomic E-state index is 12.3. The third kappa shape index (κ3) is 7.27. The number of ether oxygens (including phenoxy) is 1. The average Bonchev–Trinajstić information content (AvgIpc) is 3.34. The van der Waals surface area contributed by atoms with Gasteiger partial charge in [0, 0.05) is 31.0 Å². The normalized spacial score (nSPS) is 11.4. The van der Waals surface area contributed by atoms with Gasteiger partial charge in [0.05, 0.1) is 6.21 Å². The summed E-state index contributed by atoms with van der Waals surface area (Å²) in [5.74, 6) is 0.293. The lowest BCUT2D eigenvalue weighted by molar-refractivity contribution is -0.656. The van der Waals surface area contributed by atoms with E-state index in [4.69, 9.17) is 12.2 Å². The second-order valence-electron chi connectivity index (χ2n) is 8.01. The average molecular weight is 527 g/mol. The van der Waals surface area contributed by atoms with Gasteiger partial charge >= 0.3 is 12.7 Å². The van der Waals surface area contributed by atoms with Gasteiger partial charge in [0.15, 0.2) is 10.8 Å². The maximum Gasteiger partial charge on any atom is 0.573 e. The Labute approximate surface area is 216 Å². The number of benzene rings is 3. The summed E-state index contributed by atoms with van der Waals surface area (Å²) >= 11 is 5.30. The number of alkyl halides is 3. The van der Waals surface area contributed by atoms with E-state index in [1.165, 1.54) is 30.6 Å². The smallest absolute Gasteiger partial charge is 0.406 e. The summed E-state index contributed by atoms with van der Waals surface area (Å²) in [6.45, 7) is 0. The largest absolute Gasteiger partial charge is 0.573 e. The Morgan fingerprint density at radius 2 is 1.81 bits per heavy atom. The molecular formula is C25H23F3N7OS+. The van der Waals surface area contributed by atoms with Crippen LogP contribution in [0.5, 0.6) is 5.75 Å². The summed E-state index contributed by atoms with van der Waals surface area (Å²) in [6.07, 6.45) is -1.55. The Bertz CT molecular complexity index is 1380. The van der Waals surface area contributed by atoms with Crippen LogP contribution in [0.3, 0.4) is 0 Å². The van der Waals surface area contributed by atoms with E-state index in [0.29, 0.717) is 16.6 Å². The topological polar surface area (TPSA) is 81.4 Å². The molecule has 0 radical (unpaired) electrons. The Hall–Kier alpha value is -4.45. The van der Waals surface area contributed by atoms with Crippen LogP contribution in [0.2, 0.25) is 0 Å². The molecule has 1 heterocycles. The minimum Gasteiger partial charge on any atom is -0.406 e. The zero-order chi connectivity index (χ0) is 26.4. The zero-order valence-electron chi connectivity index (χ0n) is 19.8. The van der Waals surface area contributed by atoms with Crippen LogP contribution in [0.1, 0.15) is 5.56 Å². The van der Waals surface area contributed by atoms with Crippen molar-refractivity contribution >= 4 is 34.9 Å². The molecule has 0 amide bonds. The Morgan fingerprint density at radius 3 is 2.49 bits per heavy atom. The SMILES string of the molecule is CN(C)c1cccc(NC(=S)N/N=C/c2ccc(-c3nc[n+](-c4ccc(OC(F)(F)F)cc4)[nH]3)cc2)c1. The molecule has 0 spiro atoms. The van der Waals surface area contributed by atoms with Gasteiger partial charge in [-0.05, 0) is 77.4 Å². The molecule has 3 N–H and O–H groups in total. The van der Waals surface area contributed by atoms with Crippen LogP contribution in [-0.4, -0.2) is 41.9 Å². The molecule has 1 aromatic heterocycles. The highest BCUT2D eigenvalue weighted by Gasteiger charge is 2.31. The van der Waals surface area contributed by atoms with Crippen LogP contribution in [0, 0.1) is 0 Å². The number of rotatable bonds is 7. The third-order valence-corrected chi connectivity index (χ3v) is 5.25. The van der Waals surface area contributed by atoms with Gasteiger partial charge in [-0.15, -0.1) is 17.9 Å². The minimum absolute atomic E-state index is 0.293. The van der Waals surface area contributed by atoms with Gasteiger partial charge in [-0.1, -0.05) is 18.2 Å². The van der Waals surface area contributed by atoms with Crippen molar-refractivity contribution in [3.05, 3.63) is 84.7 Å². The highest BCUT2D eigenvalue weighted by atomic mass is 32.1. The molecular weight excluding hydrogens is 503 g/mol. The molecule has 12 heteroatoms. The van der Waals surface area contributed by atoms with Crippen LogP contribution in [0.25, 0.3) is 17.1 Å². The van der Waals surface area contributed by atoms with E-state index < -0.39 is 6.36 Å². The molecule has 0 aliphatic heterocycles. The first-order valence-electron chi connectivity index (χ1n) is 11.0. The molecule has 8 nitrogen and oxygen atoms in total. The minimum atomic E-state index is -4.73. The van der Waals surface area contributed by atoms with Gasteiger partial charge in [0.2, 0.25) is 0 Å². The van der Waals surface area contributed by atoms with E-state index in [-0.39, 0.29) is 5.75 Å². The molecule has 0 saturated carbocycles. The van der Waals surface area contributed by atoms with Gasteiger partial charge in [-0.2, -0.15) is 10.2 Å². The van der Waals surface area contributed by atoms with Gasteiger partial charge < -0.3 is 15.0 Å². The molecule has 0 unspecified atom stereocenters. The fourth-order valence-corrected chi connectivity index (χ4v) is 3.45. The molecule has 0 fully saturated rings.